The third-order valence-electron chi connectivity index (χ3n) is 2.64. The Morgan fingerprint density at radius 1 is 1.19 bits per heavy atom. The summed E-state index contributed by atoms with van der Waals surface area (Å²) in [6.07, 6.45) is 0.887. The maximum atomic E-state index is 10.9. The molecule has 88 valence electrons. The van der Waals surface area contributed by atoms with Gasteiger partial charge in [0.1, 0.15) is 0 Å². The first-order chi connectivity index (χ1) is 7.49. The Morgan fingerprint density at radius 2 is 1.75 bits per heavy atom. The van der Waals surface area contributed by atoms with Gasteiger partial charge in [-0.25, -0.2) is 0 Å². The first-order valence-corrected chi connectivity index (χ1v) is 5.85. The molecule has 0 saturated carbocycles. The molecule has 2 heteroatoms. The van der Waals surface area contributed by atoms with Gasteiger partial charge in [0.05, 0.1) is 0 Å². The van der Waals surface area contributed by atoms with E-state index in [4.69, 9.17) is 0 Å². The number of hydrogen-bond donors (Lipinski definition) is 1. The van der Waals surface area contributed by atoms with Crippen LogP contribution in [0, 0.1) is 0 Å². The van der Waals surface area contributed by atoms with Crippen LogP contribution in [0.1, 0.15) is 44.7 Å². The molecule has 1 rings (SSSR count). The van der Waals surface area contributed by atoms with Crippen molar-refractivity contribution in [1.82, 2.24) is 5.32 Å². The average molecular weight is 219 g/mol. The quantitative estimate of drug-likeness (QED) is 0.829. The molecule has 0 saturated heterocycles. The molecule has 0 aliphatic rings. The third-order valence-corrected chi connectivity index (χ3v) is 2.64. The summed E-state index contributed by atoms with van der Waals surface area (Å²) in [5.74, 6) is 0.605. The minimum Gasteiger partial charge on any atom is -0.354 e. The molecule has 1 atom stereocenters. The predicted molar refractivity (Wildman–Crippen MR) is 67.5 cm³/mol. The van der Waals surface area contributed by atoms with Crippen molar-refractivity contribution >= 4 is 5.91 Å². The van der Waals surface area contributed by atoms with Crippen molar-refractivity contribution in [2.75, 3.05) is 0 Å². The van der Waals surface area contributed by atoms with Gasteiger partial charge >= 0.3 is 0 Å². The Labute approximate surface area is 98.1 Å². The second kappa shape index (κ2) is 5.69. The summed E-state index contributed by atoms with van der Waals surface area (Å²) in [5.41, 5.74) is 2.63. The largest absolute Gasteiger partial charge is 0.354 e. The lowest BCUT2D eigenvalue weighted by Gasteiger charge is -2.13. The van der Waals surface area contributed by atoms with Gasteiger partial charge in [0.15, 0.2) is 0 Å². The molecule has 2 nitrogen and oxygen atoms in total. The lowest BCUT2D eigenvalue weighted by Crippen LogP contribution is -2.31. The van der Waals surface area contributed by atoms with Crippen LogP contribution in [-0.2, 0) is 11.2 Å². The molecule has 1 N–H and O–H groups in total. The molecule has 0 fully saturated rings. The summed E-state index contributed by atoms with van der Waals surface area (Å²) in [6.45, 7) is 7.96. The molecule has 0 heterocycles. The van der Waals surface area contributed by atoms with Gasteiger partial charge in [-0.1, -0.05) is 38.1 Å². The van der Waals surface area contributed by atoms with Gasteiger partial charge in [0.25, 0.3) is 0 Å². The van der Waals surface area contributed by atoms with E-state index in [1.54, 1.807) is 6.92 Å². The summed E-state index contributed by atoms with van der Waals surface area (Å²) in [7, 11) is 0. The monoisotopic (exact) mass is 219 g/mol. The van der Waals surface area contributed by atoms with E-state index >= 15 is 0 Å². The van der Waals surface area contributed by atoms with E-state index in [2.05, 4.69) is 43.4 Å². The Morgan fingerprint density at radius 3 is 2.19 bits per heavy atom. The van der Waals surface area contributed by atoms with E-state index in [1.165, 1.54) is 11.1 Å². The highest BCUT2D eigenvalue weighted by molar-refractivity contribution is 5.73. The standard InChI is InChI=1S/C14H21NO/c1-10(2)14-7-5-13(6-8-14)9-11(3)15-12(4)16/h5-8,10-11H,9H2,1-4H3,(H,15,16). The molecule has 0 aromatic heterocycles. The third kappa shape index (κ3) is 4.05. The zero-order valence-corrected chi connectivity index (χ0v) is 10.6. The topological polar surface area (TPSA) is 29.1 Å². The fourth-order valence-corrected chi connectivity index (χ4v) is 1.79. The number of amides is 1. The van der Waals surface area contributed by atoms with Crippen molar-refractivity contribution in [2.24, 2.45) is 0 Å². The van der Waals surface area contributed by atoms with Crippen molar-refractivity contribution in [1.29, 1.82) is 0 Å². The number of carbonyl (C=O) groups is 1. The van der Waals surface area contributed by atoms with Crippen LogP contribution in [0.4, 0.5) is 0 Å². The predicted octanol–water partition coefficient (Wildman–Crippen LogP) is 2.88. The molecule has 1 aromatic carbocycles. The van der Waals surface area contributed by atoms with E-state index in [0.29, 0.717) is 5.92 Å². The number of nitrogens with one attached hydrogen (secondary N) is 1. The Hall–Kier alpha value is -1.31. The van der Waals surface area contributed by atoms with Gasteiger partial charge in [0, 0.05) is 13.0 Å². The van der Waals surface area contributed by atoms with Crippen LogP contribution in [0.5, 0.6) is 0 Å². The van der Waals surface area contributed by atoms with Gasteiger partial charge in [-0.3, -0.25) is 4.79 Å². The summed E-state index contributed by atoms with van der Waals surface area (Å²) in [6, 6.07) is 8.82. The fraction of sp³-hybridized carbons (Fsp3) is 0.500. The maximum absolute atomic E-state index is 10.9. The molecule has 0 spiro atoms. The van der Waals surface area contributed by atoms with Gasteiger partial charge in [-0.05, 0) is 30.4 Å². The SMILES string of the molecule is CC(=O)NC(C)Cc1ccc(C(C)C)cc1. The minimum atomic E-state index is 0.0336. The lowest BCUT2D eigenvalue weighted by molar-refractivity contribution is -0.119. The van der Waals surface area contributed by atoms with Gasteiger partial charge in [0.2, 0.25) is 5.91 Å². The molecular formula is C14H21NO. The molecule has 1 aromatic rings. The van der Waals surface area contributed by atoms with Crippen molar-refractivity contribution in [3.63, 3.8) is 0 Å². The smallest absolute Gasteiger partial charge is 0.217 e. The molecule has 0 aliphatic carbocycles. The molecule has 16 heavy (non-hydrogen) atoms. The summed E-state index contributed by atoms with van der Waals surface area (Å²) < 4.78 is 0. The van der Waals surface area contributed by atoms with Crippen LogP contribution >= 0.6 is 0 Å². The van der Waals surface area contributed by atoms with E-state index in [1.807, 2.05) is 6.92 Å². The molecule has 0 aliphatic heterocycles. The first kappa shape index (κ1) is 12.8. The fourth-order valence-electron chi connectivity index (χ4n) is 1.79. The number of hydrogen-bond acceptors (Lipinski definition) is 1. The van der Waals surface area contributed by atoms with Crippen LogP contribution in [0.3, 0.4) is 0 Å². The van der Waals surface area contributed by atoms with E-state index in [0.717, 1.165) is 6.42 Å². The van der Waals surface area contributed by atoms with Crippen LogP contribution < -0.4 is 5.32 Å². The van der Waals surface area contributed by atoms with Gasteiger partial charge in [-0.2, -0.15) is 0 Å². The zero-order valence-electron chi connectivity index (χ0n) is 10.6. The second-order valence-corrected chi connectivity index (χ2v) is 4.70. The molecule has 0 bridgehead atoms. The second-order valence-electron chi connectivity index (χ2n) is 4.70. The Bertz CT molecular complexity index is 340. The number of carbonyl (C=O) groups excluding carboxylic acids is 1. The van der Waals surface area contributed by atoms with Crippen LogP contribution in [0.25, 0.3) is 0 Å². The van der Waals surface area contributed by atoms with Crippen LogP contribution in [-0.4, -0.2) is 11.9 Å². The molecule has 1 unspecified atom stereocenters. The van der Waals surface area contributed by atoms with Crippen molar-refractivity contribution in [3.05, 3.63) is 35.4 Å². The van der Waals surface area contributed by atoms with Crippen molar-refractivity contribution < 1.29 is 4.79 Å². The highest BCUT2D eigenvalue weighted by atomic mass is 16.1. The van der Waals surface area contributed by atoms with Crippen LogP contribution in [0.2, 0.25) is 0 Å². The van der Waals surface area contributed by atoms with Gasteiger partial charge in [-0.15, -0.1) is 0 Å². The molecule has 1 amide bonds. The minimum absolute atomic E-state index is 0.0336. The summed E-state index contributed by atoms with van der Waals surface area (Å²) in [4.78, 5) is 10.9. The Kier molecular flexibility index (Phi) is 4.53. The zero-order chi connectivity index (χ0) is 12.1. The van der Waals surface area contributed by atoms with E-state index in [9.17, 15) is 4.79 Å². The number of rotatable bonds is 4. The lowest BCUT2D eigenvalue weighted by atomic mass is 9.99. The first-order valence-electron chi connectivity index (χ1n) is 5.85. The van der Waals surface area contributed by atoms with Gasteiger partial charge < -0.3 is 5.32 Å². The molecular weight excluding hydrogens is 198 g/mol. The Balaban J connectivity index is 2.58. The highest BCUT2D eigenvalue weighted by Crippen LogP contribution is 2.15. The normalized spacial score (nSPS) is 12.6. The van der Waals surface area contributed by atoms with Crippen molar-refractivity contribution in [3.8, 4) is 0 Å². The maximum Gasteiger partial charge on any atom is 0.217 e. The number of benzene rings is 1. The van der Waals surface area contributed by atoms with Crippen LogP contribution in [0.15, 0.2) is 24.3 Å². The molecule has 0 radical (unpaired) electrons. The average Bonchev–Trinajstić information content (AvgIpc) is 2.16. The van der Waals surface area contributed by atoms with Crippen molar-refractivity contribution in [2.45, 2.75) is 46.1 Å². The highest BCUT2D eigenvalue weighted by Gasteiger charge is 2.05. The van der Waals surface area contributed by atoms with E-state index in [-0.39, 0.29) is 11.9 Å². The summed E-state index contributed by atoms with van der Waals surface area (Å²) >= 11 is 0. The van der Waals surface area contributed by atoms with E-state index < -0.39 is 0 Å². The summed E-state index contributed by atoms with van der Waals surface area (Å²) in [5, 5.41) is 2.89.